The largest absolute Gasteiger partial charge is 0.356 e. The summed E-state index contributed by atoms with van der Waals surface area (Å²) in [5.41, 5.74) is 0.983. The number of thiophene rings is 1. The van der Waals surface area contributed by atoms with Gasteiger partial charge in [0.25, 0.3) is 0 Å². The van der Waals surface area contributed by atoms with Gasteiger partial charge in [0, 0.05) is 45.0 Å². The Bertz CT molecular complexity index is 820. The lowest BCUT2D eigenvalue weighted by atomic mass is 10.1. The minimum Gasteiger partial charge on any atom is -0.356 e. The minimum absolute atomic E-state index is 0. The van der Waals surface area contributed by atoms with Crippen LogP contribution in [0.15, 0.2) is 51.7 Å². The molecule has 0 aliphatic carbocycles. The number of halogens is 1. The van der Waals surface area contributed by atoms with Gasteiger partial charge in [0.2, 0.25) is 10.0 Å². The number of sulfonamides is 1. The van der Waals surface area contributed by atoms with E-state index in [0.29, 0.717) is 17.4 Å². The number of benzene rings is 1. The third kappa shape index (κ3) is 6.74. The lowest BCUT2D eigenvalue weighted by Gasteiger charge is -2.15. The Balaban J connectivity index is 0.00000364. The zero-order valence-corrected chi connectivity index (χ0v) is 19.9. The number of nitrogens with zero attached hydrogens (tertiary/aromatic N) is 2. The summed E-state index contributed by atoms with van der Waals surface area (Å²) in [6, 6.07) is 11.1. The number of hydrogen-bond acceptors (Lipinski definition) is 4. The van der Waals surface area contributed by atoms with Crippen molar-refractivity contribution in [2.45, 2.75) is 24.3 Å². The van der Waals surface area contributed by atoms with Crippen molar-refractivity contribution in [2.24, 2.45) is 4.99 Å². The molecular formula is C18H27IN4O2S2. The van der Waals surface area contributed by atoms with Crippen LogP contribution in [0.2, 0.25) is 0 Å². The van der Waals surface area contributed by atoms with E-state index < -0.39 is 10.0 Å². The van der Waals surface area contributed by atoms with Crippen molar-refractivity contribution >= 4 is 51.3 Å². The van der Waals surface area contributed by atoms with Gasteiger partial charge in [-0.15, -0.1) is 35.3 Å². The molecule has 1 atom stereocenters. The van der Waals surface area contributed by atoms with Gasteiger partial charge in [-0.25, -0.2) is 12.7 Å². The number of rotatable bonds is 7. The molecule has 0 saturated heterocycles. The first-order valence-electron chi connectivity index (χ1n) is 8.34. The van der Waals surface area contributed by atoms with E-state index in [1.165, 1.54) is 23.3 Å². The van der Waals surface area contributed by atoms with Crippen LogP contribution in [0.1, 0.15) is 23.3 Å². The van der Waals surface area contributed by atoms with E-state index in [9.17, 15) is 8.42 Å². The zero-order chi connectivity index (χ0) is 19.2. The van der Waals surface area contributed by atoms with Gasteiger partial charge in [-0.2, -0.15) is 0 Å². The molecule has 2 aromatic rings. The van der Waals surface area contributed by atoms with E-state index in [1.54, 1.807) is 30.5 Å². The van der Waals surface area contributed by atoms with Crippen LogP contribution in [0.4, 0.5) is 0 Å². The molecule has 6 nitrogen and oxygen atoms in total. The number of aliphatic imine (C=N–C) groups is 1. The van der Waals surface area contributed by atoms with E-state index in [2.05, 4.69) is 40.1 Å². The third-order valence-electron chi connectivity index (χ3n) is 3.99. The number of guanidine groups is 1. The SMILES string of the molecule is CN=C(NCc1ccc(S(=O)(=O)N(C)C)cc1)NCC(C)c1cccs1.I. The first kappa shape index (κ1) is 23.9. The topological polar surface area (TPSA) is 73.8 Å². The summed E-state index contributed by atoms with van der Waals surface area (Å²) in [5, 5.41) is 8.65. The second kappa shape index (κ2) is 11.0. The quantitative estimate of drug-likeness (QED) is 0.333. The van der Waals surface area contributed by atoms with Gasteiger partial charge in [-0.1, -0.05) is 25.1 Å². The summed E-state index contributed by atoms with van der Waals surface area (Å²) >= 11 is 1.75. The lowest BCUT2D eigenvalue weighted by molar-refractivity contribution is 0.520. The highest BCUT2D eigenvalue weighted by atomic mass is 127. The second-order valence-corrected chi connectivity index (χ2v) is 9.29. The maximum Gasteiger partial charge on any atom is 0.242 e. The van der Waals surface area contributed by atoms with Crippen LogP contribution in [-0.4, -0.2) is 46.4 Å². The first-order chi connectivity index (χ1) is 12.3. The Morgan fingerprint density at radius 3 is 2.37 bits per heavy atom. The first-order valence-corrected chi connectivity index (χ1v) is 10.7. The molecule has 9 heteroatoms. The van der Waals surface area contributed by atoms with Crippen molar-refractivity contribution in [1.82, 2.24) is 14.9 Å². The normalized spacial score (nSPS) is 13.1. The van der Waals surface area contributed by atoms with Crippen molar-refractivity contribution in [3.8, 4) is 0 Å². The molecule has 0 spiro atoms. The Hall–Kier alpha value is -1.17. The standard InChI is InChI=1S/C18H26N4O2S2.HI/c1-14(17-6-5-11-25-17)12-20-18(19-2)21-13-15-7-9-16(10-8-15)26(23,24)22(3)4;/h5-11,14H,12-13H2,1-4H3,(H2,19,20,21);1H. The van der Waals surface area contributed by atoms with Crippen LogP contribution in [0.5, 0.6) is 0 Å². The highest BCUT2D eigenvalue weighted by molar-refractivity contribution is 14.0. The summed E-state index contributed by atoms with van der Waals surface area (Å²) in [6.45, 7) is 3.53. The lowest BCUT2D eigenvalue weighted by Crippen LogP contribution is -2.38. The van der Waals surface area contributed by atoms with Crippen LogP contribution in [-0.2, 0) is 16.6 Å². The van der Waals surface area contributed by atoms with E-state index in [1.807, 2.05) is 12.1 Å². The molecule has 0 amide bonds. The van der Waals surface area contributed by atoms with Crippen molar-refractivity contribution in [3.63, 3.8) is 0 Å². The number of hydrogen-bond donors (Lipinski definition) is 2. The molecule has 1 aromatic carbocycles. The Morgan fingerprint density at radius 2 is 1.85 bits per heavy atom. The molecule has 0 fully saturated rings. The molecule has 0 aliphatic heterocycles. The highest BCUT2D eigenvalue weighted by Gasteiger charge is 2.16. The molecule has 2 rings (SSSR count). The Morgan fingerprint density at radius 1 is 1.19 bits per heavy atom. The smallest absolute Gasteiger partial charge is 0.242 e. The van der Waals surface area contributed by atoms with Crippen LogP contribution in [0.25, 0.3) is 0 Å². The van der Waals surface area contributed by atoms with Gasteiger partial charge >= 0.3 is 0 Å². The molecule has 1 heterocycles. The van der Waals surface area contributed by atoms with Crippen molar-refractivity contribution < 1.29 is 8.42 Å². The Kier molecular flexibility index (Phi) is 9.71. The molecule has 0 bridgehead atoms. The molecule has 0 aliphatic rings. The predicted molar refractivity (Wildman–Crippen MR) is 124 cm³/mol. The monoisotopic (exact) mass is 522 g/mol. The minimum atomic E-state index is -3.39. The average Bonchev–Trinajstić information content (AvgIpc) is 3.16. The molecule has 150 valence electrons. The van der Waals surface area contributed by atoms with E-state index in [0.717, 1.165) is 18.1 Å². The molecule has 0 saturated carbocycles. The average molecular weight is 522 g/mol. The molecule has 1 aromatic heterocycles. The second-order valence-electron chi connectivity index (χ2n) is 6.15. The maximum atomic E-state index is 12.1. The van der Waals surface area contributed by atoms with Gasteiger partial charge in [-0.3, -0.25) is 4.99 Å². The van der Waals surface area contributed by atoms with Crippen LogP contribution in [0, 0.1) is 0 Å². The highest BCUT2D eigenvalue weighted by Crippen LogP contribution is 2.19. The summed E-state index contributed by atoms with van der Waals surface area (Å²) in [4.78, 5) is 5.86. The third-order valence-corrected chi connectivity index (χ3v) is 6.92. The summed E-state index contributed by atoms with van der Waals surface area (Å²) in [5.74, 6) is 1.13. The van der Waals surface area contributed by atoms with Crippen molar-refractivity contribution in [2.75, 3.05) is 27.7 Å². The zero-order valence-electron chi connectivity index (χ0n) is 16.0. The maximum absolute atomic E-state index is 12.1. The summed E-state index contributed by atoms with van der Waals surface area (Å²) in [7, 11) is 1.39. The molecule has 0 radical (unpaired) electrons. The van der Waals surface area contributed by atoms with Crippen LogP contribution < -0.4 is 10.6 Å². The fourth-order valence-corrected chi connectivity index (χ4v) is 4.01. The molecule has 27 heavy (non-hydrogen) atoms. The summed E-state index contributed by atoms with van der Waals surface area (Å²) in [6.07, 6.45) is 0. The van der Waals surface area contributed by atoms with Gasteiger partial charge < -0.3 is 10.6 Å². The van der Waals surface area contributed by atoms with Crippen molar-refractivity contribution in [1.29, 1.82) is 0 Å². The number of nitrogens with one attached hydrogen (secondary N) is 2. The molecule has 2 N–H and O–H groups in total. The van der Waals surface area contributed by atoms with Gasteiger partial charge in [-0.05, 0) is 29.1 Å². The fraction of sp³-hybridized carbons (Fsp3) is 0.389. The van der Waals surface area contributed by atoms with Gasteiger partial charge in [0.05, 0.1) is 4.90 Å². The summed E-state index contributed by atoms with van der Waals surface area (Å²) < 4.78 is 25.4. The van der Waals surface area contributed by atoms with Gasteiger partial charge in [0.1, 0.15) is 0 Å². The molecule has 1 unspecified atom stereocenters. The van der Waals surface area contributed by atoms with Gasteiger partial charge in [0.15, 0.2) is 5.96 Å². The van der Waals surface area contributed by atoms with E-state index in [4.69, 9.17) is 0 Å². The van der Waals surface area contributed by atoms with Crippen LogP contribution in [0.3, 0.4) is 0 Å². The van der Waals surface area contributed by atoms with E-state index in [-0.39, 0.29) is 24.0 Å². The van der Waals surface area contributed by atoms with E-state index >= 15 is 0 Å². The molecular weight excluding hydrogens is 495 g/mol. The Labute approximate surface area is 183 Å². The van der Waals surface area contributed by atoms with Crippen molar-refractivity contribution in [3.05, 3.63) is 52.2 Å². The fourth-order valence-electron chi connectivity index (χ4n) is 2.32. The predicted octanol–water partition coefficient (Wildman–Crippen LogP) is 3.09. The van der Waals surface area contributed by atoms with Crippen LogP contribution >= 0.6 is 35.3 Å².